The predicted octanol–water partition coefficient (Wildman–Crippen LogP) is 1.46. The summed E-state index contributed by atoms with van der Waals surface area (Å²) in [5.74, 6) is -0.649. The molecule has 1 heterocycles. The van der Waals surface area contributed by atoms with Crippen molar-refractivity contribution in [3.63, 3.8) is 0 Å². The van der Waals surface area contributed by atoms with E-state index in [-0.39, 0.29) is 6.04 Å². The first-order chi connectivity index (χ1) is 8.27. The fraction of sp³-hybridized carbons (Fsp3) is 0.923. The van der Waals surface area contributed by atoms with Crippen LogP contribution in [-0.2, 0) is 4.79 Å². The molecule has 1 unspecified atom stereocenters. The SMILES string of the molecule is O=C(O)C(CCNC1CC1)N1CCCCCC1. The summed E-state index contributed by atoms with van der Waals surface area (Å²) in [6.45, 7) is 2.76. The van der Waals surface area contributed by atoms with Gasteiger partial charge >= 0.3 is 5.97 Å². The quantitative estimate of drug-likeness (QED) is 0.738. The molecule has 1 saturated heterocycles. The van der Waals surface area contributed by atoms with Gasteiger partial charge in [0.2, 0.25) is 0 Å². The summed E-state index contributed by atoms with van der Waals surface area (Å²) < 4.78 is 0. The lowest BCUT2D eigenvalue weighted by atomic mass is 10.1. The predicted molar refractivity (Wildman–Crippen MR) is 67.1 cm³/mol. The van der Waals surface area contributed by atoms with Crippen molar-refractivity contribution in [2.24, 2.45) is 0 Å². The van der Waals surface area contributed by atoms with Gasteiger partial charge in [0.25, 0.3) is 0 Å². The minimum atomic E-state index is -0.649. The number of nitrogens with zero attached hydrogens (tertiary/aromatic N) is 1. The number of carbonyl (C=O) groups is 1. The molecule has 1 aliphatic heterocycles. The van der Waals surface area contributed by atoms with E-state index in [9.17, 15) is 9.90 Å². The maximum atomic E-state index is 11.3. The second kappa shape index (κ2) is 6.36. The van der Waals surface area contributed by atoms with Crippen molar-refractivity contribution >= 4 is 5.97 Å². The van der Waals surface area contributed by atoms with Crippen LogP contribution in [0.2, 0.25) is 0 Å². The zero-order valence-electron chi connectivity index (χ0n) is 10.5. The second-order valence-electron chi connectivity index (χ2n) is 5.32. The summed E-state index contributed by atoms with van der Waals surface area (Å²) in [5.41, 5.74) is 0. The number of carboxylic acid groups (broad SMARTS) is 1. The van der Waals surface area contributed by atoms with Crippen LogP contribution >= 0.6 is 0 Å². The Kier molecular flexibility index (Phi) is 4.80. The third kappa shape index (κ3) is 4.28. The normalized spacial score (nSPS) is 24.2. The van der Waals surface area contributed by atoms with Crippen molar-refractivity contribution in [2.45, 2.75) is 57.0 Å². The van der Waals surface area contributed by atoms with Crippen LogP contribution in [0.1, 0.15) is 44.9 Å². The van der Waals surface area contributed by atoms with Gasteiger partial charge in [-0.05, 0) is 51.7 Å². The van der Waals surface area contributed by atoms with Crippen molar-refractivity contribution < 1.29 is 9.90 Å². The molecule has 1 saturated carbocycles. The maximum Gasteiger partial charge on any atom is 0.320 e. The fourth-order valence-corrected chi connectivity index (χ4v) is 2.58. The summed E-state index contributed by atoms with van der Waals surface area (Å²) in [6, 6.07) is 0.396. The molecule has 4 heteroatoms. The summed E-state index contributed by atoms with van der Waals surface area (Å²) in [7, 11) is 0. The molecule has 0 aromatic rings. The van der Waals surface area contributed by atoms with Crippen LogP contribution in [0.25, 0.3) is 0 Å². The summed E-state index contributed by atoms with van der Waals surface area (Å²) >= 11 is 0. The molecule has 0 amide bonds. The number of rotatable bonds is 6. The molecule has 17 heavy (non-hydrogen) atoms. The zero-order chi connectivity index (χ0) is 12.1. The van der Waals surface area contributed by atoms with Crippen LogP contribution in [0.5, 0.6) is 0 Å². The first kappa shape index (κ1) is 12.8. The van der Waals surface area contributed by atoms with Crippen LogP contribution in [-0.4, -0.2) is 47.7 Å². The average Bonchev–Trinajstić information content (AvgIpc) is 3.11. The summed E-state index contributed by atoms with van der Waals surface area (Å²) in [4.78, 5) is 13.5. The highest BCUT2D eigenvalue weighted by Crippen LogP contribution is 2.19. The van der Waals surface area contributed by atoms with Gasteiger partial charge in [0.15, 0.2) is 0 Å². The monoisotopic (exact) mass is 240 g/mol. The lowest BCUT2D eigenvalue weighted by molar-refractivity contribution is -0.143. The Morgan fingerprint density at radius 2 is 1.88 bits per heavy atom. The molecule has 0 bridgehead atoms. The zero-order valence-corrected chi connectivity index (χ0v) is 10.5. The first-order valence-electron chi connectivity index (χ1n) is 6.97. The van der Waals surface area contributed by atoms with Crippen molar-refractivity contribution in [2.75, 3.05) is 19.6 Å². The maximum absolute atomic E-state index is 11.3. The van der Waals surface area contributed by atoms with Crippen molar-refractivity contribution in [3.8, 4) is 0 Å². The summed E-state index contributed by atoms with van der Waals surface area (Å²) in [5, 5.41) is 12.7. The molecule has 2 rings (SSSR count). The Hall–Kier alpha value is -0.610. The summed E-state index contributed by atoms with van der Waals surface area (Å²) in [6.07, 6.45) is 8.08. The average molecular weight is 240 g/mol. The van der Waals surface area contributed by atoms with Gasteiger partial charge in [-0.15, -0.1) is 0 Å². The van der Waals surface area contributed by atoms with Gasteiger partial charge in [0, 0.05) is 6.04 Å². The third-order valence-electron chi connectivity index (χ3n) is 3.79. The molecule has 0 spiro atoms. The van der Waals surface area contributed by atoms with Crippen LogP contribution < -0.4 is 5.32 Å². The topological polar surface area (TPSA) is 52.6 Å². The number of carboxylic acids is 1. The number of aliphatic carboxylic acids is 1. The lowest BCUT2D eigenvalue weighted by Crippen LogP contribution is -2.43. The Labute approximate surface area is 103 Å². The molecular weight excluding hydrogens is 216 g/mol. The highest BCUT2D eigenvalue weighted by molar-refractivity contribution is 5.73. The number of likely N-dealkylation sites (tertiary alicyclic amines) is 1. The Balaban J connectivity index is 1.78. The molecule has 2 fully saturated rings. The van der Waals surface area contributed by atoms with Gasteiger partial charge in [-0.1, -0.05) is 12.8 Å². The van der Waals surface area contributed by atoms with Gasteiger partial charge < -0.3 is 10.4 Å². The number of hydrogen-bond acceptors (Lipinski definition) is 3. The van der Waals surface area contributed by atoms with E-state index in [2.05, 4.69) is 10.2 Å². The molecule has 2 aliphatic rings. The minimum absolute atomic E-state index is 0.278. The third-order valence-corrected chi connectivity index (χ3v) is 3.79. The van der Waals surface area contributed by atoms with Crippen LogP contribution in [0, 0.1) is 0 Å². The number of hydrogen-bond donors (Lipinski definition) is 2. The minimum Gasteiger partial charge on any atom is -0.480 e. The molecule has 1 atom stereocenters. The van der Waals surface area contributed by atoms with E-state index >= 15 is 0 Å². The lowest BCUT2D eigenvalue weighted by Gasteiger charge is -2.27. The molecule has 98 valence electrons. The molecule has 0 radical (unpaired) electrons. The van der Waals surface area contributed by atoms with Gasteiger partial charge in [0.1, 0.15) is 6.04 Å². The van der Waals surface area contributed by atoms with Crippen molar-refractivity contribution in [1.29, 1.82) is 0 Å². The first-order valence-corrected chi connectivity index (χ1v) is 6.97. The highest BCUT2D eigenvalue weighted by Gasteiger charge is 2.27. The second-order valence-corrected chi connectivity index (χ2v) is 5.32. The fourth-order valence-electron chi connectivity index (χ4n) is 2.58. The van der Waals surface area contributed by atoms with E-state index in [1.165, 1.54) is 25.7 Å². The van der Waals surface area contributed by atoms with Crippen LogP contribution in [0.4, 0.5) is 0 Å². The Bertz CT molecular complexity index is 246. The van der Waals surface area contributed by atoms with Crippen LogP contribution in [0.15, 0.2) is 0 Å². The molecule has 2 N–H and O–H groups in total. The molecule has 0 aromatic heterocycles. The Morgan fingerprint density at radius 3 is 2.41 bits per heavy atom. The van der Waals surface area contributed by atoms with E-state index in [0.29, 0.717) is 6.04 Å². The van der Waals surface area contributed by atoms with Crippen LogP contribution in [0.3, 0.4) is 0 Å². The highest BCUT2D eigenvalue weighted by atomic mass is 16.4. The molecule has 1 aliphatic carbocycles. The van der Waals surface area contributed by atoms with Gasteiger partial charge in [-0.2, -0.15) is 0 Å². The van der Waals surface area contributed by atoms with Crippen molar-refractivity contribution in [1.82, 2.24) is 10.2 Å². The molecule has 0 aromatic carbocycles. The largest absolute Gasteiger partial charge is 0.480 e. The van der Waals surface area contributed by atoms with Gasteiger partial charge in [0.05, 0.1) is 0 Å². The van der Waals surface area contributed by atoms with Gasteiger partial charge in [-0.3, -0.25) is 9.69 Å². The smallest absolute Gasteiger partial charge is 0.320 e. The standard InChI is InChI=1S/C13H24N2O2/c16-13(17)12(7-8-14-11-5-6-11)15-9-3-1-2-4-10-15/h11-12,14H,1-10H2,(H,16,17). The number of nitrogens with one attached hydrogen (secondary N) is 1. The van der Waals surface area contributed by atoms with E-state index < -0.39 is 5.97 Å². The van der Waals surface area contributed by atoms with Crippen molar-refractivity contribution in [3.05, 3.63) is 0 Å². The van der Waals surface area contributed by atoms with E-state index in [0.717, 1.165) is 38.9 Å². The Morgan fingerprint density at radius 1 is 1.24 bits per heavy atom. The van der Waals surface area contributed by atoms with E-state index in [1.807, 2.05) is 0 Å². The molecular formula is C13H24N2O2. The van der Waals surface area contributed by atoms with E-state index in [1.54, 1.807) is 0 Å². The van der Waals surface area contributed by atoms with Gasteiger partial charge in [-0.25, -0.2) is 0 Å². The van der Waals surface area contributed by atoms with E-state index in [4.69, 9.17) is 0 Å². The molecule has 4 nitrogen and oxygen atoms in total.